The van der Waals surface area contributed by atoms with Crippen LogP contribution in [0.15, 0.2) is 0 Å². The van der Waals surface area contributed by atoms with E-state index in [4.69, 9.17) is 6.92 Å². The molecule has 2 saturated heterocycles. The quantitative estimate of drug-likeness (QED) is 0.142. The Morgan fingerprint density at radius 2 is 1.47 bits per heavy atom. The molecular weight excluding hydrogens is 632 g/mol. The lowest BCUT2D eigenvalue weighted by Crippen LogP contribution is -2.61. The molecule has 14 heteroatoms. The molecule has 276 valence electrons. The highest BCUT2D eigenvalue weighted by Gasteiger charge is 2.43. The summed E-state index contributed by atoms with van der Waals surface area (Å²) in [5.74, 6) is -3.05. The van der Waals surface area contributed by atoms with E-state index in [9.17, 15) is 39.0 Å². The van der Waals surface area contributed by atoms with E-state index in [0.29, 0.717) is 51.1 Å². The first-order valence-electron chi connectivity index (χ1n) is 18.2. The number of nitrogens with one attached hydrogen (secondary N) is 4. The second kappa shape index (κ2) is 19.2. The van der Waals surface area contributed by atoms with Crippen molar-refractivity contribution in [2.75, 3.05) is 19.6 Å². The highest BCUT2D eigenvalue weighted by Crippen LogP contribution is 2.27. The summed E-state index contributed by atoms with van der Waals surface area (Å²) < 4.78 is 0. The zero-order valence-electron chi connectivity index (χ0n) is 29.6. The van der Waals surface area contributed by atoms with E-state index in [1.165, 1.54) is 31.1 Å². The van der Waals surface area contributed by atoms with E-state index in [1.54, 1.807) is 0 Å². The molecule has 2 radical (unpaired) electrons. The van der Waals surface area contributed by atoms with Crippen molar-refractivity contribution in [3.8, 4) is 0 Å². The molecule has 1 aliphatic carbocycles. The molecule has 3 fully saturated rings. The van der Waals surface area contributed by atoms with Gasteiger partial charge in [-0.1, -0.05) is 52.9 Å². The second-order valence-electron chi connectivity index (χ2n) is 14.3. The number of carbonyl (C=O) groups excluding carboxylic acids is 6. The van der Waals surface area contributed by atoms with Crippen molar-refractivity contribution in [2.45, 2.75) is 147 Å². The van der Waals surface area contributed by atoms with Crippen molar-refractivity contribution in [3.63, 3.8) is 0 Å². The highest BCUT2D eigenvalue weighted by atomic mass is 16.3. The van der Waals surface area contributed by atoms with Gasteiger partial charge in [0.25, 0.3) is 0 Å². The fourth-order valence-electron chi connectivity index (χ4n) is 7.03. The van der Waals surface area contributed by atoms with Gasteiger partial charge in [-0.05, 0) is 57.8 Å². The molecule has 3 rings (SSSR count). The van der Waals surface area contributed by atoms with Crippen molar-refractivity contribution < 1.29 is 39.0 Å². The summed E-state index contributed by atoms with van der Waals surface area (Å²) in [6, 6.07) is -5.81. The zero-order valence-corrected chi connectivity index (χ0v) is 29.6. The third kappa shape index (κ3) is 11.4. The van der Waals surface area contributed by atoms with Gasteiger partial charge in [0.05, 0.1) is 12.2 Å². The summed E-state index contributed by atoms with van der Waals surface area (Å²) in [4.78, 5) is 82.0. The largest absolute Gasteiger partial charge is 0.391 e. The maximum atomic E-state index is 13.8. The van der Waals surface area contributed by atoms with Gasteiger partial charge in [-0.25, -0.2) is 0 Å². The Balaban J connectivity index is 1.64. The maximum Gasteiger partial charge on any atom is 0.246 e. The summed E-state index contributed by atoms with van der Waals surface area (Å²) in [5.41, 5.74) is 0. The van der Waals surface area contributed by atoms with Crippen LogP contribution in [0.3, 0.4) is 0 Å². The van der Waals surface area contributed by atoms with E-state index in [-0.39, 0.29) is 30.7 Å². The predicted molar refractivity (Wildman–Crippen MR) is 181 cm³/mol. The number of carbonyl (C=O) groups is 6. The molecule has 2 heterocycles. The number of nitrogens with zero attached hydrogens (tertiary/aromatic N) is 2. The molecule has 6 N–H and O–H groups in total. The predicted octanol–water partition coefficient (Wildman–Crippen LogP) is 0.418. The van der Waals surface area contributed by atoms with Crippen molar-refractivity contribution >= 4 is 35.4 Å². The summed E-state index contributed by atoms with van der Waals surface area (Å²) in [6.45, 7) is 13.5. The topological polar surface area (TPSA) is 197 Å². The van der Waals surface area contributed by atoms with Crippen LogP contribution in [0.4, 0.5) is 0 Å². The number of rotatable bonds is 15. The Morgan fingerprint density at radius 1 is 0.816 bits per heavy atom. The van der Waals surface area contributed by atoms with Gasteiger partial charge >= 0.3 is 0 Å². The van der Waals surface area contributed by atoms with Crippen LogP contribution in [0.2, 0.25) is 0 Å². The minimum atomic E-state index is -1.59. The van der Waals surface area contributed by atoms with E-state index in [0.717, 1.165) is 24.2 Å². The maximum absolute atomic E-state index is 13.8. The molecule has 2 aliphatic heterocycles. The van der Waals surface area contributed by atoms with Gasteiger partial charge < -0.3 is 41.3 Å². The summed E-state index contributed by atoms with van der Waals surface area (Å²) in [6.07, 6.45) is 6.91. The molecule has 7 atom stereocenters. The molecule has 3 aliphatic rings. The number of hydrogen-bond acceptors (Lipinski definition) is 8. The van der Waals surface area contributed by atoms with Crippen molar-refractivity contribution in [2.24, 2.45) is 11.8 Å². The molecule has 1 saturated carbocycles. The Bertz CT molecular complexity index is 1160. The average molecular weight is 691 g/mol. The van der Waals surface area contributed by atoms with Crippen molar-refractivity contribution in [1.29, 1.82) is 0 Å². The SMILES string of the molecule is [CH][C@H](NC(=O)[C@@H]1CCCCN1C(=O)[C@@H](NC(=O)CCC1CCCCC1)C(C)C)C(=O)N1C[C@H](O)C[C@H]1C(=O)N[C@H](C(=O)NCCC)C(C)O. The van der Waals surface area contributed by atoms with Crippen LogP contribution in [0, 0.1) is 18.8 Å². The number of β-amino-alcohol motifs (C(OH)–C–C–N with tert-alkyl or cyclic N) is 1. The van der Waals surface area contributed by atoms with E-state index in [2.05, 4.69) is 21.3 Å². The molecule has 0 aromatic heterocycles. The number of aliphatic hydroxyl groups excluding tert-OH is 2. The fourth-order valence-corrected chi connectivity index (χ4v) is 7.03. The van der Waals surface area contributed by atoms with Gasteiger partial charge in [0, 0.05) is 32.5 Å². The lowest BCUT2D eigenvalue weighted by Gasteiger charge is -2.38. The summed E-state index contributed by atoms with van der Waals surface area (Å²) in [7, 11) is 0. The smallest absolute Gasteiger partial charge is 0.246 e. The van der Waals surface area contributed by atoms with Gasteiger partial charge in [-0.15, -0.1) is 0 Å². The van der Waals surface area contributed by atoms with E-state index >= 15 is 0 Å². The Hall–Kier alpha value is -3.26. The molecular formula is C35H58N6O8. The van der Waals surface area contributed by atoms with Crippen LogP contribution >= 0.6 is 0 Å². The van der Waals surface area contributed by atoms with Gasteiger partial charge in [0.1, 0.15) is 30.2 Å². The highest BCUT2D eigenvalue weighted by molar-refractivity contribution is 5.97. The Kier molecular flexibility index (Phi) is 15.8. The number of amides is 6. The lowest BCUT2D eigenvalue weighted by atomic mass is 9.86. The first-order valence-corrected chi connectivity index (χ1v) is 18.2. The van der Waals surface area contributed by atoms with Gasteiger partial charge in [0.15, 0.2) is 0 Å². The van der Waals surface area contributed by atoms with Crippen LogP contribution in [-0.2, 0) is 28.8 Å². The van der Waals surface area contributed by atoms with Gasteiger partial charge in [-0.2, -0.15) is 0 Å². The van der Waals surface area contributed by atoms with E-state index in [1.807, 2.05) is 20.8 Å². The molecule has 0 aromatic carbocycles. The van der Waals surface area contributed by atoms with E-state index < -0.39 is 66.0 Å². The molecule has 0 bridgehead atoms. The normalized spacial score (nSPS) is 24.0. The number of aliphatic hydroxyl groups is 2. The number of likely N-dealkylation sites (tertiary alicyclic amines) is 2. The first-order chi connectivity index (χ1) is 23.2. The van der Waals surface area contributed by atoms with Crippen molar-refractivity contribution in [1.82, 2.24) is 31.1 Å². The van der Waals surface area contributed by atoms with Crippen LogP contribution in [0.25, 0.3) is 0 Å². The molecule has 6 amide bonds. The van der Waals surface area contributed by atoms with Gasteiger partial charge in [-0.3, -0.25) is 28.8 Å². The Labute approximate surface area is 290 Å². The average Bonchev–Trinajstić information content (AvgIpc) is 3.48. The monoisotopic (exact) mass is 690 g/mol. The standard InChI is InChI=1S/C35H58N6O8/c1-6-17-36-33(47)30(23(5)42)39-32(46)27-19-25(43)20-41(27)34(48)22(4)37-31(45)26-14-10-11-18-40(26)35(49)29(21(2)3)38-28(44)16-15-24-12-8-7-9-13-24/h4,21-27,29-30,42-43H,6-20H2,1-3,5H3,(H,36,47)(H,37,45)(H,38,44)(H,39,46)/t22-,23?,25+,26-,27-,29-,30-/m0/s1. The minimum Gasteiger partial charge on any atom is -0.391 e. The summed E-state index contributed by atoms with van der Waals surface area (Å²) >= 11 is 0. The first kappa shape index (κ1) is 40.2. The van der Waals surface area contributed by atoms with Crippen LogP contribution in [-0.4, -0.2) is 118 Å². The minimum absolute atomic E-state index is 0.130. The molecule has 0 aromatic rings. The number of piperidine rings is 1. The molecule has 0 spiro atoms. The third-order valence-electron chi connectivity index (χ3n) is 9.88. The molecule has 1 unspecified atom stereocenters. The van der Waals surface area contributed by atoms with Gasteiger partial charge in [0.2, 0.25) is 35.4 Å². The van der Waals surface area contributed by atoms with Crippen molar-refractivity contribution in [3.05, 3.63) is 6.92 Å². The second-order valence-corrected chi connectivity index (χ2v) is 14.3. The lowest BCUT2D eigenvalue weighted by molar-refractivity contribution is -0.147. The number of hydrogen-bond donors (Lipinski definition) is 6. The van der Waals surface area contributed by atoms with Crippen LogP contribution in [0.1, 0.15) is 105 Å². The molecule has 49 heavy (non-hydrogen) atoms. The summed E-state index contributed by atoms with van der Waals surface area (Å²) in [5, 5.41) is 31.0. The Morgan fingerprint density at radius 3 is 2.10 bits per heavy atom. The fraction of sp³-hybridized carbons (Fsp3) is 0.800. The molecule has 14 nitrogen and oxygen atoms in total. The van der Waals surface area contributed by atoms with Crippen LogP contribution < -0.4 is 21.3 Å². The zero-order chi connectivity index (χ0) is 36.2. The third-order valence-corrected chi connectivity index (χ3v) is 9.88. The van der Waals surface area contributed by atoms with Crippen LogP contribution in [0.5, 0.6) is 0 Å².